The van der Waals surface area contributed by atoms with Crippen molar-refractivity contribution in [2.75, 3.05) is 18.8 Å². The Hall–Kier alpha value is -1.77. The summed E-state index contributed by atoms with van der Waals surface area (Å²) < 4.78 is 0. The quantitative estimate of drug-likeness (QED) is 0.606. The molecule has 1 amide bonds. The standard InChI is InChI=1S/C13H16N2O/c14-12-5-3-4-11(10-12)6-7-13(16)15-8-1-2-9-15/h3-7,10H,1-2,8-9,14H2/b7-6+. The number of nitrogens with two attached hydrogens (primary N) is 1. The third kappa shape index (κ3) is 2.63. The predicted molar refractivity (Wildman–Crippen MR) is 65.7 cm³/mol. The monoisotopic (exact) mass is 216 g/mol. The fourth-order valence-electron chi connectivity index (χ4n) is 1.87. The van der Waals surface area contributed by atoms with E-state index in [4.69, 9.17) is 5.73 Å². The van der Waals surface area contributed by atoms with Crippen LogP contribution in [0.25, 0.3) is 6.08 Å². The number of nitrogens with zero attached hydrogens (tertiary/aromatic N) is 1. The molecule has 1 aromatic carbocycles. The molecule has 1 aliphatic rings. The van der Waals surface area contributed by atoms with E-state index >= 15 is 0 Å². The molecule has 3 heteroatoms. The molecule has 3 nitrogen and oxygen atoms in total. The van der Waals surface area contributed by atoms with Gasteiger partial charge in [0.15, 0.2) is 0 Å². The van der Waals surface area contributed by atoms with Crippen LogP contribution in [0.3, 0.4) is 0 Å². The van der Waals surface area contributed by atoms with Crippen LogP contribution in [0, 0.1) is 0 Å². The lowest BCUT2D eigenvalue weighted by Crippen LogP contribution is -2.25. The Bertz CT molecular complexity index is 406. The van der Waals surface area contributed by atoms with E-state index in [1.54, 1.807) is 6.08 Å². The van der Waals surface area contributed by atoms with Gasteiger partial charge in [-0.2, -0.15) is 0 Å². The number of hydrogen-bond donors (Lipinski definition) is 1. The first-order chi connectivity index (χ1) is 7.75. The van der Waals surface area contributed by atoms with Crippen molar-refractivity contribution in [1.82, 2.24) is 4.90 Å². The van der Waals surface area contributed by atoms with Crippen molar-refractivity contribution in [3.8, 4) is 0 Å². The maximum absolute atomic E-state index is 11.7. The highest BCUT2D eigenvalue weighted by Crippen LogP contribution is 2.11. The zero-order valence-corrected chi connectivity index (χ0v) is 9.23. The molecule has 0 saturated carbocycles. The SMILES string of the molecule is Nc1cccc(/C=C/C(=O)N2CCCC2)c1. The van der Waals surface area contributed by atoms with Gasteiger partial charge < -0.3 is 10.6 Å². The summed E-state index contributed by atoms with van der Waals surface area (Å²) in [6.45, 7) is 1.78. The van der Waals surface area contributed by atoms with E-state index in [1.165, 1.54) is 0 Å². The van der Waals surface area contributed by atoms with E-state index < -0.39 is 0 Å². The number of anilines is 1. The zero-order chi connectivity index (χ0) is 11.4. The number of hydrogen-bond acceptors (Lipinski definition) is 2. The van der Waals surface area contributed by atoms with E-state index in [0.717, 1.165) is 37.2 Å². The predicted octanol–water partition coefficient (Wildman–Crippen LogP) is 1.90. The Morgan fingerprint density at radius 2 is 2.06 bits per heavy atom. The molecule has 1 aromatic rings. The first-order valence-electron chi connectivity index (χ1n) is 5.58. The first kappa shape index (κ1) is 10.7. The first-order valence-corrected chi connectivity index (χ1v) is 5.58. The molecule has 2 rings (SSSR count). The van der Waals surface area contributed by atoms with Crippen LogP contribution in [0.4, 0.5) is 5.69 Å². The smallest absolute Gasteiger partial charge is 0.246 e. The highest BCUT2D eigenvalue weighted by Gasteiger charge is 2.14. The summed E-state index contributed by atoms with van der Waals surface area (Å²) in [7, 11) is 0. The van der Waals surface area contributed by atoms with Gasteiger partial charge in [-0.25, -0.2) is 0 Å². The molecule has 0 aliphatic carbocycles. The minimum atomic E-state index is 0.0972. The maximum Gasteiger partial charge on any atom is 0.246 e. The third-order valence-electron chi connectivity index (χ3n) is 2.75. The highest BCUT2D eigenvalue weighted by atomic mass is 16.2. The molecule has 16 heavy (non-hydrogen) atoms. The van der Waals surface area contributed by atoms with Crippen molar-refractivity contribution < 1.29 is 4.79 Å². The minimum Gasteiger partial charge on any atom is -0.399 e. The molecule has 0 radical (unpaired) electrons. The Morgan fingerprint density at radius 1 is 1.31 bits per heavy atom. The topological polar surface area (TPSA) is 46.3 Å². The van der Waals surface area contributed by atoms with Gasteiger partial charge in [-0.3, -0.25) is 4.79 Å². The Balaban J connectivity index is 2.00. The van der Waals surface area contributed by atoms with Crippen molar-refractivity contribution in [3.63, 3.8) is 0 Å². The number of benzene rings is 1. The fourth-order valence-corrected chi connectivity index (χ4v) is 1.87. The second kappa shape index (κ2) is 4.84. The molecule has 2 N–H and O–H groups in total. The van der Waals surface area contributed by atoms with Crippen molar-refractivity contribution in [2.45, 2.75) is 12.8 Å². The van der Waals surface area contributed by atoms with Crippen LogP contribution >= 0.6 is 0 Å². The van der Waals surface area contributed by atoms with Gasteiger partial charge in [0.25, 0.3) is 0 Å². The summed E-state index contributed by atoms with van der Waals surface area (Å²) in [4.78, 5) is 13.6. The van der Waals surface area contributed by atoms with Gasteiger partial charge in [0.2, 0.25) is 5.91 Å². The number of nitrogen functional groups attached to an aromatic ring is 1. The number of carbonyl (C=O) groups is 1. The molecule has 1 fully saturated rings. The molecule has 0 spiro atoms. The van der Waals surface area contributed by atoms with Gasteiger partial charge in [-0.15, -0.1) is 0 Å². The van der Waals surface area contributed by atoms with E-state index in [-0.39, 0.29) is 5.91 Å². The molecule has 84 valence electrons. The molecule has 0 aromatic heterocycles. The normalized spacial score (nSPS) is 15.9. The van der Waals surface area contributed by atoms with Gasteiger partial charge in [0.1, 0.15) is 0 Å². The summed E-state index contributed by atoms with van der Waals surface area (Å²) in [5.74, 6) is 0.0972. The van der Waals surface area contributed by atoms with Crippen molar-refractivity contribution >= 4 is 17.7 Å². The van der Waals surface area contributed by atoms with Gasteiger partial charge in [0.05, 0.1) is 0 Å². The lowest BCUT2D eigenvalue weighted by Gasteiger charge is -2.11. The van der Waals surface area contributed by atoms with Crippen LogP contribution < -0.4 is 5.73 Å². The van der Waals surface area contributed by atoms with Crippen LogP contribution in [0.15, 0.2) is 30.3 Å². The highest BCUT2D eigenvalue weighted by molar-refractivity contribution is 5.92. The lowest BCUT2D eigenvalue weighted by molar-refractivity contribution is -0.124. The average Bonchev–Trinajstić information content (AvgIpc) is 2.79. The number of likely N-dealkylation sites (tertiary alicyclic amines) is 1. The third-order valence-corrected chi connectivity index (χ3v) is 2.75. The summed E-state index contributed by atoms with van der Waals surface area (Å²) >= 11 is 0. The van der Waals surface area contributed by atoms with E-state index in [1.807, 2.05) is 35.2 Å². The molecule has 1 saturated heterocycles. The number of amides is 1. The van der Waals surface area contributed by atoms with Gasteiger partial charge in [-0.05, 0) is 36.6 Å². The molecule has 0 bridgehead atoms. The van der Waals surface area contributed by atoms with Gasteiger partial charge in [-0.1, -0.05) is 12.1 Å². The minimum absolute atomic E-state index is 0.0972. The number of rotatable bonds is 2. The van der Waals surface area contributed by atoms with Crippen molar-refractivity contribution in [2.24, 2.45) is 0 Å². The van der Waals surface area contributed by atoms with Crippen molar-refractivity contribution in [1.29, 1.82) is 0 Å². The van der Waals surface area contributed by atoms with Crippen molar-refractivity contribution in [3.05, 3.63) is 35.9 Å². The summed E-state index contributed by atoms with van der Waals surface area (Å²) in [5.41, 5.74) is 7.34. The van der Waals surface area contributed by atoms with E-state index in [0.29, 0.717) is 0 Å². The summed E-state index contributed by atoms with van der Waals surface area (Å²) in [6, 6.07) is 7.51. The van der Waals surface area contributed by atoms with Crippen LogP contribution in [0.5, 0.6) is 0 Å². The molecular formula is C13H16N2O. The average molecular weight is 216 g/mol. The lowest BCUT2D eigenvalue weighted by atomic mass is 10.2. The Labute approximate surface area is 95.6 Å². The van der Waals surface area contributed by atoms with Gasteiger partial charge in [0, 0.05) is 24.9 Å². The second-order valence-corrected chi connectivity index (χ2v) is 4.04. The summed E-state index contributed by atoms with van der Waals surface area (Å²) in [6.07, 6.45) is 5.69. The van der Waals surface area contributed by atoms with Gasteiger partial charge >= 0.3 is 0 Å². The second-order valence-electron chi connectivity index (χ2n) is 4.04. The van der Waals surface area contributed by atoms with Crippen LogP contribution in [-0.2, 0) is 4.79 Å². The molecule has 1 heterocycles. The number of carbonyl (C=O) groups excluding carboxylic acids is 1. The summed E-state index contributed by atoms with van der Waals surface area (Å²) in [5, 5.41) is 0. The Morgan fingerprint density at radius 3 is 2.75 bits per heavy atom. The van der Waals surface area contributed by atoms with E-state index in [2.05, 4.69) is 0 Å². The van der Waals surface area contributed by atoms with Crippen LogP contribution in [-0.4, -0.2) is 23.9 Å². The zero-order valence-electron chi connectivity index (χ0n) is 9.23. The Kier molecular flexibility index (Phi) is 3.25. The molecular weight excluding hydrogens is 200 g/mol. The molecule has 0 atom stereocenters. The molecule has 1 aliphatic heterocycles. The molecule has 0 unspecified atom stereocenters. The van der Waals surface area contributed by atoms with Crippen LogP contribution in [0.2, 0.25) is 0 Å². The van der Waals surface area contributed by atoms with E-state index in [9.17, 15) is 4.79 Å². The fraction of sp³-hybridized carbons (Fsp3) is 0.308. The van der Waals surface area contributed by atoms with Crippen LogP contribution in [0.1, 0.15) is 18.4 Å². The largest absolute Gasteiger partial charge is 0.399 e. The maximum atomic E-state index is 11.7.